The molecule has 0 aliphatic carbocycles. The second kappa shape index (κ2) is 7.69. The molecule has 1 aromatic carbocycles. The molecule has 0 saturated carbocycles. The van der Waals surface area contributed by atoms with Crippen LogP contribution < -0.4 is 9.80 Å². The van der Waals surface area contributed by atoms with Crippen LogP contribution in [0, 0.1) is 0 Å². The molecule has 30 heavy (non-hydrogen) atoms. The van der Waals surface area contributed by atoms with Crippen molar-refractivity contribution >= 4 is 40.4 Å². The van der Waals surface area contributed by atoms with E-state index in [4.69, 9.17) is 11.6 Å². The number of carbonyl (C=O) groups is 1. The Bertz CT molecular complexity index is 1080. The fourth-order valence-electron chi connectivity index (χ4n) is 4.15. The zero-order valence-corrected chi connectivity index (χ0v) is 18.6. The predicted octanol–water partition coefficient (Wildman–Crippen LogP) is 4.76. The van der Waals surface area contributed by atoms with Crippen LogP contribution in [0.3, 0.4) is 0 Å². The van der Waals surface area contributed by atoms with Gasteiger partial charge in [0.15, 0.2) is 0 Å². The summed E-state index contributed by atoms with van der Waals surface area (Å²) in [4.78, 5) is 26.0. The Kier molecular flexibility index (Phi) is 5.01. The van der Waals surface area contributed by atoms with Crippen LogP contribution in [0.4, 0.5) is 11.5 Å². The van der Waals surface area contributed by atoms with Crippen molar-refractivity contribution in [2.24, 2.45) is 0 Å². The second-order valence-corrected chi connectivity index (χ2v) is 9.58. The highest BCUT2D eigenvalue weighted by Crippen LogP contribution is 2.38. The van der Waals surface area contributed by atoms with Crippen LogP contribution in [0.15, 0.2) is 48.7 Å². The van der Waals surface area contributed by atoms with Gasteiger partial charge in [-0.3, -0.25) is 4.79 Å². The summed E-state index contributed by atoms with van der Waals surface area (Å²) >= 11 is 7.54. The first-order valence-electron chi connectivity index (χ1n) is 10.1. The second-order valence-electron chi connectivity index (χ2n) is 8.09. The van der Waals surface area contributed by atoms with Crippen molar-refractivity contribution in [3.8, 4) is 10.4 Å². The van der Waals surface area contributed by atoms with E-state index in [2.05, 4.69) is 34.9 Å². The van der Waals surface area contributed by atoms with Crippen LogP contribution in [0.1, 0.15) is 21.7 Å². The number of nitrogens with zero attached hydrogens (tertiary/aromatic N) is 4. The largest absolute Gasteiger partial charge is 0.355 e. The Morgan fingerprint density at radius 2 is 1.97 bits per heavy atom. The summed E-state index contributed by atoms with van der Waals surface area (Å²) in [5.41, 5.74) is 3.02. The van der Waals surface area contributed by atoms with E-state index in [1.54, 1.807) is 11.3 Å². The number of anilines is 2. The van der Waals surface area contributed by atoms with Crippen molar-refractivity contribution in [1.82, 2.24) is 9.88 Å². The molecular formula is C23H23ClN4OS. The third kappa shape index (κ3) is 3.49. The van der Waals surface area contributed by atoms with E-state index in [0.29, 0.717) is 17.6 Å². The summed E-state index contributed by atoms with van der Waals surface area (Å²) in [6, 6.07) is 14.5. The molecule has 7 heteroatoms. The molecule has 0 N–H and O–H groups in total. The average Bonchev–Trinajstić information content (AvgIpc) is 3.45. The number of rotatable bonds is 4. The maximum atomic E-state index is 13.0. The molecule has 1 saturated heterocycles. The monoisotopic (exact) mass is 438 g/mol. The molecule has 4 heterocycles. The third-order valence-corrected chi connectivity index (χ3v) is 7.43. The number of thiophene rings is 1. The van der Waals surface area contributed by atoms with E-state index in [1.165, 1.54) is 0 Å². The predicted molar refractivity (Wildman–Crippen MR) is 124 cm³/mol. The molecule has 0 radical (unpaired) electrons. The van der Waals surface area contributed by atoms with Crippen LogP contribution in [0.5, 0.6) is 0 Å². The standard InChI is InChI=1S/C23H23ClN4OS/c1-26(2)19-9-10-27(14-19)21-8-7-18(12-25-21)28-13-16-11-20(30-22(16)23(28)29)15-3-5-17(24)6-4-15/h3-8,11-12,19H,9-10,13-14H2,1-2H3/t19-/m0/s1. The molecule has 0 spiro atoms. The van der Waals surface area contributed by atoms with Crippen molar-refractivity contribution < 1.29 is 4.79 Å². The summed E-state index contributed by atoms with van der Waals surface area (Å²) in [5.74, 6) is 1.04. The molecule has 1 atom stereocenters. The molecule has 0 unspecified atom stereocenters. The highest BCUT2D eigenvalue weighted by atomic mass is 35.5. The topological polar surface area (TPSA) is 39.7 Å². The van der Waals surface area contributed by atoms with E-state index in [9.17, 15) is 4.79 Å². The lowest BCUT2D eigenvalue weighted by atomic mass is 10.1. The van der Waals surface area contributed by atoms with E-state index < -0.39 is 0 Å². The van der Waals surface area contributed by atoms with Gasteiger partial charge in [0.1, 0.15) is 5.82 Å². The van der Waals surface area contributed by atoms with Crippen molar-refractivity contribution in [2.75, 3.05) is 37.0 Å². The number of pyridine rings is 1. The molecule has 3 aromatic rings. The average molecular weight is 439 g/mol. The number of aromatic nitrogens is 1. The fraction of sp³-hybridized carbons (Fsp3) is 0.304. The number of benzene rings is 1. The summed E-state index contributed by atoms with van der Waals surface area (Å²) in [6.45, 7) is 2.60. The van der Waals surface area contributed by atoms with Gasteiger partial charge < -0.3 is 14.7 Å². The molecule has 154 valence electrons. The van der Waals surface area contributed by atoms with Crippen molar-refractivity contribution in [1.29, 1.82) is 0 Å². The van der Waals surface area contributed by atoms with Crippen LogP contribution in [-0.4, -0.2) is 49.0 Å². The Morgan fingerprint density at radius 3 is 2.60 bits per heavy atom. The van der Waals surface area contributed by atoms with E-state index in [-0.39, 0.29) is 5.91 Å². The van der Waals surface area contributed by atoms with Gasteiger partial charge in [-0.1, -0.05) is 23.7 Å². The Hall–Kier alpha value is -2.41. The number of fused-ring (bicyclic) bond motifs is 1. The maximum Gasteiger partial charge on any atom is 0.269 e. The van der Waals surface area contributed by atoms with Gasteiger partial charge in [-0.15, -0.1) is 11.3 Å². The van der Waals surface area contributed by atoms with Gasteiger partial charge in [0, 0.05) is 29.0 Å². The summed E-state index contributed by atoms with van der Waals surface area (Å²) in [6.07, 6.45) is 2.98. The molecule has 2 aliphatic rings. The molecule has 2 aliphatic heterocycles. The van der Waals surface area contributed by atoms with Gasteiger partial charge >= 0.3 is 0 Å². The molecule has 0 bridgehead atoms. The number of halogens is 1. The first-order valence-corrected chi connectivity index (χ1v) is 11.3. The SMILES string of the molecule is CN(C)[C@H]1CCN(c2ccc(N3Cc4cc(-c5ccc(Cl)cc5)sc4C3=O)cn2)C1. The highest BCUT2D eigenvalue weighted by Gasteiger charge is 2.32. The number of hydrogen-bond acceptors (Lipinski definition) is 5. The number of likely N-dealkylation sites (N-methyl/N-ethyl adjacent to an activating group) is 1. The lowest BCUT2D eigenvalue weighted by Gasteiger charge is -2.22. The van der Waals surface area contributed by atoms with Crippen LogP contribution in [0.2, 0.25) is 5.02 Å². The summed E-state index contributed by atoms with van der Waals surface area (Å²) < 4.78 is 0. The zero-order valence-electron chi connectivity index (χ0n) is 17.0. The maximum absolute atomic E-state index is 13.0. The van der Waals surface area contributed by atoms with Crippen molar-refractivity contribution in [3.05, 3.63) is 64.1 Å². The van der Waals surface area contributed by atoms with Gasteiger partial charge in [-0.05, 0) is 62.0 Å². The van der Waals surface area contributed by atoms with Gasteiger partial charge in [0.2, 0.25) is 0 Å². The van der Waals surface area contributed by atoms with Gasteiger partial charge in [-0.2, -0.15) is 0 Å². The highest BCUT2D eigenvalue weighted by molar-refractivity contribution is 7.17. The van der Waals surface area contributed by atoms with Gasteiger partial charge in [0.05, 0.1) is 23.3 Å². The van der Waals surface area contributed by atoms with E-state index in [1.807, 2.05) is 47.5 Å². The number of amides is 1. The van der Waals surface area contributed by atoms with Crippen LogP contribution in [-0.2, 0) is 6.54 Å². The summed E-state index contributed by atoms with van der Waals surface area (Å²) in [7, 11) is 4.25. The minimum atomic E-state index is 0.0543. The Morgan fingerprint density at radius 1 is 1.17 bits per heavy atom. The Balaban J connectivity index is 1.31. The number of hydrogen-bond donors (Lipinski definition) is 0. The first-order chi connectivity index (χ1) is 14.5. The zero-order chi connectivity index (χ0) is 20.8. The van der Waals surface area contributed by atoms with Crippen molar-refractivity contribution in [3.63, 3.8) is 0 Å². The molecule has 5 nitrogen and oxygen atoms in total. The van der Waals surface area contributed by atoms with Gasteiger partial charge in [0.25, 0.3) is 5.91 Å². The minimum absolute atomic E-state index is 0.0543. The molecule has 5 rings (SSSR count). The van der Waals surface area contributed by atoms with E-state index in [0.717, 1.165) is 51.9 Å². The quantitative estimate of drug-likeness (QED) is 0.588. The molecular weight excluding hydrogens is 416 g/mol. The van der Waals surface area contributed by atoms with Gasteiger partial charge in [-0.25, -0.2) is 4.98 Å². The molecule has 1 fully saturated rings. The van der Waals surface area contributed by atoms with Crippen LogP contribution >= 0.6 is 22.9 Å². The lowest BCUT2D eigenvalue weighted by molar-refractivity contribution is 0.1000. The third-order valence-electron chi connectivity index (χ3n) is 5.97. The van der Waals surface area contributed by atoms with Crippen molar-refractivity contribution in [2.45, 2.75) is 19.0 Å². The first kappa shape index (κ1) is 19.5. The normalized spacial score (nSPS) is 18.5. The van der Waals surface area contributed by atoms with E-state index >= 15 is 0 Å². The van der Waals surface area contributed by atoms with Crippen LogP contribution in [0.25, 0.3) is 10.4 Å². The lowest BCUT2D eigenvalue weighted by Crippen LogP contribution is -2.31. The minimum Gasteiger partial charge on any atom is -0.355 e. The molecule has 2 aromatic heterocycles. The molecule has 1 amide bonds. The number of carbonyl (C=O) groups excluding carboxylic acids is 1. The smallest absolute Gasteiger partial charge is 0.269 e. The Labute approximate surface area is 185 Å². The fourth-order valence-corrected chi connectivity index (χ4v) is 5.41. The summed E-state index contributed by atoms with van der Waals surface area (Å²) in [5, 5.41) is 0.715.